The van der Waals surface area contributed by atoms with Gasteiger partial charge in [0.15, 0.2) is 5.65 Å². The number of hydrogen-bond acceptors (Lipinski definition) is 4. The number of fused-ring (bicyclic) bond motifs is 1. The second-order valence-electron chi connectivity index (χ2n) is 6.85. The van der Waals surface area contributed by atoms with Crippen LogP contribution >= 0.6 is 0 Å². The fraction of sp³-hybridized carbons (Fsp3) is 0.182. The number of hydrogen-bond donors (Lipinski definition) is 0. The molecular weight excluding hydrogens is 433 g/mol. The summed E-state index contributed by atoms with van der Waals surface area (Å²) in [7, 11) is 1.50. The molecule has 0 aliphatic heterocycles. The van der Waals surface area contributed by atoms with Crippen LogP contribution in [0.15, 0.2) is 54.6 Å². The van der Waals surface area contributed by atoms with Gasteiger partial charge in [0.05, 0.1) is 35.1 Å². The van der Waals surface area contributed by atoms with Crippen LogP contribution in [-0.2, 0) is 6.18 Å². The van der Waals surface area contributed by atoms with E-state index in [1.54, 1.807) is 24.3 Å². The van der Waals surface area contributed by atoms with Crippen molar-refractivity contribution in [1.29, 1.82) is 0 Å². The summed E-state index contributed by atoms with van der Waals surface area (Å²) in [6, 6.07) is 12.8. The van der Waals surface area contributed by atoms with Crippen molar-refractivity contribution in [3.63, 3.8) is 0 Å². The van der Waals surface area contributed by atoms with E-state index in [9.17, 15) is 22.0 Å². The number of pyridine rings is 1. The average molecular weight is 449 g/mol. The molecule has 0 radical (unpaired) electrons. The fourth-order valence-corrected chi connectivity index (χ4v) is 3.40. The van der Waals surface area contributed by atoms with Crippen LogP contribution in [0.5, 0.6) is 11.5 Å². The summed E-state index contributed by atoms with van der Waals surface area (Å²) in [6.07, 6.45) is -4.69. The Labute approximate surface area is 179 Å². The van der Waals surface area contributed by atoms with Crippen LogP contribution in [0.4, 0.5) is 22.0 Å². The van der Waals surface area contributed by atoms with Crippen LogP contribution in [0.2, 0.25) is 0 Å². The predicted molar refractivity (Wildman–Crippen MR) is 107 cm³/mol. The molecule has 0 spiro atoms. The molecule has 0 aliphatic carbocycles. The fourth-order valence-electron chi connectivity index (χ4n) is 3.40. The SMILES string of the molecule is COc1ccc(-n2nc(C)c3c(C(F)(F)F)cc(-c4cccc(OC(F)F)c4)nc32)cc1. The number of aromatic nitrogens is 3. The summed E-state index contributed by atoms with van der Waals surface area (Å²) in [5.41, 5.74) is -0.170. The van der Waals surface area contributed by atoms with Gasteiger partial charge in [0, 0.05) is 5.56 Å². The van der Waals surface area contributed by atoms with Crippen LogP contribution in [0.3, 0.4) is 0 Å². The molecule has 0 amide bonds. The first-order valence-corrected chi connectivity index (χ1v) is 9.34. The first-order chi connectivity index (χ1) is 15.2. The zero-order valence-corrected chi connectivity index (χ0v) is 16.8. The van der Waals surface area contributed by atoms with Gasteiger partial charge in [0.2, 0.25) is 0 Å². The van der Waals surface area contributed by atoms with Gasteiger partial charge in [-0.05, 0) is 49.4 Å². The van der Waals surface area contributed by atoms with Gasteiger partial charge < -0.3 is 9.47 Å². The van der Waals surface area contributed by atoms with Crippen molar-refractivity contribution in [2.45, 2.75) is 19.7 Å². The van der Waals surface area contributed by atoms with Gasteiger partial charge in [-0.3, -0.25) is 0 Å². The van der Waals surface area contributed by atoms with Crippen molar-refractivity contribution in [1.82, 2.24) is 14.8 Å². The molecule has 2 aromatic carbocycles. The monoisotopic (exact) mass is 449 g/mol. The highest BCUT2D eigenvalue weighted by atomic mass is 19.4. The summed E-state index contributed by atoms with van der Waals surface area (Å²) in [4.78, 5) is 4.41. The summed E-state index contributed by atoms with van der Waals surface area (Å²) in [5.74, 6) is 0.384. The number of methoxy groups -OCH3 is 1. The zero-order valence-electron chi connectivity index (χ0n) is 16.8. The standard InChI is InChI=1S/C22H16F5N3O2/c1-12-19-17(22(25,26)27)11-18(13-4-3-5-16(10-13)32-21(23)24)28-20(19)30(29-12)14-6-8-15(31-2)9-7-14/h3-11,21H,1-2H3. The highest BCUT2D eigenvalue weighted by Crippen LogP contribution is 2.39. The van der Waals surface area contributed by atoms with E-state index >= 15 is 0 Å². The molecule has 32 heavy (non-hydrogen) atoms. The van der Waals surface area contributed by atoms with Gasteiger partial charge >= 0.3 is 12.8 Å². The lowest BCUT2D eigenvalue weighted by Crippen LogP contribution is -2.08. The van der Waals surface area contributed by atoms with Crippen molar-refractivity contribution in [2.75, 3.05) is 7.11 Å². The van der Waals surface area contributed by atoms with Gasteiger partial charge in [-0.25, -0.2) is 9.67 Å². The van der Waals surface area contributed by atoms with Crippen LogP contribution in [0, 0.1) is 6.92 Å². The molecule has 0 bridgehead atoms. The third-order valence-corrected chi connectivity index (χ3v) is 4.79. The van der Waals surface area contributed by atoms with Crippen molar-refractivity contribution >= 4 is 11.0 Å². The molecule has 0 fully saturated rings. The van der Waals surface area contributed by atoms with Crippen molar-refractivity contribution in [3.05, 3.63) is 65.9 Å². The number of rotatable bonds is 5. The number of alkyl halides is 5. The first kappa shape index (κ1) is 21.5. The third-order valence-electron chi connectivity index (χ3n) is 4.79. The van der Waals surface area contributed by atoms with E-state index in [4.69, 9.17) is 4.74 Å². The Balaban J connectivity index is 1.95. The molecule has 2 aromatic heterocycles. The maximum atomic E-state index is 14.0. The van der Waals surface area contributed by atoms with E-state index in [0.29, 0.717) is 11.4 Å². The van der Waals surface area contributed by atoms with E-state index in [0.717, 1.165) is 6.07 Å². The maximum absolute atomic E-state index is 14.0. The van der Waals surface area contributed by atoms with E-state index in [1.165, 1.54) is 43.0 Å². The van der Waals surface area contributed by atoms with Crippen molar-refractivity contribution in [2.24, 2.45) is 0 Å². The maximum Gasteiger partial charge on any atom is 0.417 e. The second-order valence-corrected chi connectivity index (χ2v) is 6.85. The van der Waals surface area contributed by atoms with Crippen LogP contribution in [0.1, 0.15) is 11.3 Å². The molecule has 5 nitrogen and oxygen atoms in total. The molecule has 4 aromatic rings. The molecule has 0 saturated heterocycles. The van der Waals surface area contributed by atoms with E-state index in [2.05, 4.69) is 14.8 Å². The molecule has 0 atom stereocenters. The van der Waals surface area contributed by atoms with Gasteiger partial charge in [-0.15, -0.1) is 0 Å². The third kappa shape index (κ3) is 4.08. The second kappa shape index (κ2) is 8.10. The summed E-state index contributed by atoms with van der Waals surface area (Å²) < 4.78 is 77.8. The van der Waals surface area contributed by atoms with Gasteiger partial charge in [-0.2, -0.15) is 27.1 Å². The smallest absolute Gasteiger partial charge is 0.417 e. The molecular formula is C22H16F5N3O2. The van der Waals surface area contributed by atoms with Gasteiger partial charge in [-0.1, -0.05) is 12.1 Å². The van der Waals surface area contributed by atoms with Crippen molar-refractivity contribution in [3.8, 4) is 28.4 Å². The molecule has 166 valence electrons. The predicted octanol–water partition coefficient (Wildman–Crippen LogP) is 6.02. The molecule has 0 aliphatic rings. The van der Waals surface area contributed by atoms with Gasteiger partial charge in [0.25, 0.3) is 0 Å². The number of ether oxygens (including phenoxy) is 2. The lowest BCUT2D eigenvalue weighted by atomic mass is 10.0. The highest BCUT2D eigenvalue weighted by Gasteiger charge is 2.36. The zero-order chi connectivity index (χ0) is 23.0. The number of aryl methyl sites for hydroxylation is 1. The Hall–Kier alpha value is -3.69. The average Bonchev–Trinajstić information content (AvgIpc) is 3.08. The van der Waals surface area contributed by atoms with E-state index in [-0.39, 0.29) is 33.7 Å². The first-order valence-electron chi connectivity index (χ1n) is 9.34. The van der Waals surface area contributed by atoms with Crippen LogP contribution in [0.25, 0.3) is 28.0 Å². The number of nitrogens with zero attached hydrogens (tertiary/aromatic N) is 3. The summed E-state index contributed by atoms with van der Waals surface area (Å²) >= 11 is 0. The number of benzene rings is 2. The Bertz CT molecular complexity index is 1270. The number of halogens is 5. The van der Waals surface area contributed by atoms with E-state index < -0.39 is 18.4 Å². The quantitative estimate of drug-likeness (QED) is 0.350. The van der Waals surface area contributed by atoms with Gasteiger partial charge in [0.1, 0.15) is 11.5 Å². The van der Waals surface area contributed by atoms with Crippen LogP contribution in [-0.4, -0.2) is 28.5 Å². The molecule has 2 heterocycles. The Kier molecular flexibility index (Phi) is 5.45. The summed E-state index contributed by atoms with van der Waals surface area (Å²) in [5, 5.41) is 4.13. The molecule has 0 unspecified atom stereocenters. The Morgan fingerprint density at radius 1 is 0.969 bits per heavy atom. The topological polar surface area (TPSA) is 49.2 Å². The molecule has 0 saturated carbocycles. The highest BCUT2D eigenvalue weighted by molar-refractivity contribution is 5.87. The minimum atomic E-state index is -4.69. The molecule has 0 N–H and O–H groups in total. The Morgan fingerprint density at radius 2 is 1.69 bits per heavy atom. The normalized spacial score (nSPS) is 11.9. The Morgan fingerprint density at radius 3 is 2.31 bits per heavy atom. The molecule has 10 heteroatoms. The lowest BCUT2D eigenvalue weighted by Gasteiger charge is -2.12. The molecule has 4 rings (SSSR count). The largest absolute Gasteiger partial charge is 0.497 e. The minimum absolute atomic E-state index is 0.0160. The minimum Gasteiger partial charge on any atom is -0.497 e. The van der Waals surface area contributed by atoms with Crippen LogP contribution < -0.4 is 9.47 Å². The lowest BCUT2D eigenvalue weighted by molar-refractivity contribution is -0.136. The summed E-state index contributed by atoms with van der Waals surface area (Å²) in [6.45, 7) is -1.60. The van der Waals surface area contributed by atoms with E-state index in [1.807, 2.05) is 0 Å². The van der Waals surface area contributed by atoms with Crippen molar-refractivity contribution < 1.29 is 31.4 Å².